The van der Waals surface area contributed by atoms with Gasteiger partial charge in [-0.05, 0) is 61.3 Å². The number of sulfonamides is 1. The molecule has 2 saturated carbocycles. The van der Waals surface area contributed by atoms with Gasteiger partial charge >= 0.3 is 0 Å². The number of anilines is 1. The van der Waals surface area contributed by atoms with Crippen LogP contribution in [0.4, 0.5) is 5.69 Å². The van der Waals surface area contributed by atoms with Crippen LogP contribution < -0.4 is 9.62 Å². The second-order valence-electron chi connectivity index (χ2n) is 7.11. The highest BCUT2D eigenvalue weighted by atomic mass is 32.2. The molecule has 0 spiro atoms. The molecule has 2 aliphatic carbocycles. The van der Waals surface area contributed by atoms with E-state index in [0.29, 0.717) is 29.7 Å². The quantitative estimate of drug-likeness (QED) is 0.920. The van der Waals surface area contributed by atoms with Gasteiger partial charge in [0.15, 0.2) is 0 Å². The van der Waals surface area contributed by atoms with E-state index in [2.05, 4.69) is 4.72 Å². The van der Waals surface area contributed by atoms with E-state index >= 15 is 0 Å². The summed E-state index contributed by atoms with van der Waals surface area (Å²) in [6.07, 6.45) is 5.27. The van der Waals surface area contributed by atoms with Crippen molar-refractivity contribution in [2.75, 3.05) is 11.4 Å². The minimum absolute atomic E-state index is 0.000497. The first kappa shape index (κ1) is 15.1. The van der Waals surface area contributed by atoms with E-state index < -0.39 is 10.0 Å². The van der Waals surface area contributed by atoms with Gasteiger partial charge in [0.1, 0.15) is 0 Å². The predicted molar refractivity (Wildman–Crippen MR) is 87.7 cm³/mol. The highest BCUT2D eigenvalue weighted by Gasteiger charge is 2.41. The highest BCUT2D eigenvalue weighted by molar-refractivity contribution is 7.89. The van der Waals surface area contributed by atoms with Crippen molar-refractivity contribution in [3.8, 4) is 0 Å². The maximum absolute atomic E-state index is 12.7. The number of hydrogen-bond donors (Lipinski definition) is 1. The van der Waals surface area contributed by atoms with Crippen molar-refractivity contribution < 1.29 is 13.2 Å². The van der Waals surface area contributed by atoms with Gasteiger partial charge in [0.25, 0.3) is 0 Å². The van der Waals surface area contributed by atoms with Crippen LogP contribution in [0.2, 0.25) is 0 Å². The molecular formula is C17H22N2O3S. The van der Waals surface area contributed by atoms with Gasteiger partial charge in [0.2, 0.25) is 15.9 Å². The normalized spacial score (nSPS) is 29.1. The first-order valence-corrected chi connectivity index (χ1v) is 9.86. The molecule has 23 heavy (non-hydrogen) atoms. The van der Waals surface area contributed by atoms with Crippen molar-refractivity contribution in [2.24, 2.45) is 11.8 Å². The Morgan fingerprint density at radius 3 is 2.74 bits per heavy atom. The molecule has 3 aliphatic rings. The molecule has 0 saturated heterocycles. The second kappa shape index (κ2) is 5.31. The third-order valence-electron chi connectivity index (χ3n) is 5.68. The maximum Gasteiger partial charge on any atom is 0.240 e. The summed E-state index contributed by atoms with van der Waals surface area (Å²) in [6, 6.07) is 5.21. The smallest absolute Gasteiger partial charge is 0.240 e. The largest absolute Gasteiger partial charge is 0.312 e. The van der Waals surface area contributed by atoms with Crippen molar-refractivity contribution in [1.29, 1.82) is 0 Å². The number of amides is 1. The van der Waals surface area contributed by atoms with Crippen LogP contribution in [0.15, 0.2) is 23.1 Å². The van der Waals surface area contributed by atoms with Crippen LogP contribution in [0.25, 0.3) is 0 Å². The van der Waals surface area contributed by atoms with E-state index in [-0.39, 0.29) is 11.9 Å². The zero-order valence-electron chi connectivity index (χ0n) is 13.3. The summed E-state index contributed by atoms with van der Waals surface area (Å²) in [7, 11) is -3.48. The summed E-state index contributed by atoms with van der Waals surface area (Å²) in [5.74, 6) is 1.22. The summed E-state index contributed by atoms with van der Waals surface area (Å²) in [6.45, 7) is 2.17. The van der Waals surface area contributed by atoms with Gasteiger partial charge in [-0.25, -0.2) is 13.1 Å². The molecular weight excluding hydrogens is 312 g/mol. The number of nitrogens with one attached hydrogen (secondary N) is 1. The SMILES string of the molecule is CC(=O)N1CCc2cc(S(=O)(=O)N[C@H]3C[C@H]4CC[C@@H]3C4)ccc21. The molecule has 6 heteroatoms. The predicted octanol–water partition coefficient (Wildman–Crippen LogP) is 2.06. The van der Waals surface area contributed by atoms with Crippen molar-refractivity contribution in [2.45, 2.75) is 50.0 Å². The van der Waals surface area contributed by atoms with E-state index in [1.54, 1.807) is 23.1 Å². The lowest BCUT2D eigenvalue weighted by molar-refractivity contribution is -0.116. The average Bonchev–Trinajstić information content (AvgIpc) is 3.20. The molecule has 0 radical (unpaired) electrons. The summed E-state index contributed by atoms with van der Waals surface area (Å²) in [5, 5.41) is 0. The molecule has 2 fully saturated rings. The van der Waals surface area contributed by atoms with Crippen LogP contribution in [0.3, 0.4) is 0 Å². The molecule has 0 unspecified atom stereocenters. The van der Waals surface area contributed by atoms with E-state index in [9.17, 15) is 13.2 Å². The van der Waals surface area contributed by atoms with Gasteiger partial charge in [-0.15, -0.1) is 0 Å². The number of carbonyl (C=O) groups excluding carboxylic acids is 1. The van der Waals surface area contributed by atoms with Crippen molar-refractivity contribution in [3.63, 3.8) is 0 Å². The Kier molecular flexibility index (Phi) is 3.50. The van der Waals surface area contributed by atoms with E-state index in [4.69, 9.17) is 0 Å². The molecule has 2 bridgehead atoms. The zero-order chi connectivity index (χ0) is 16.2. The summed E-state index contributed by atoms with van der Waals surface area (Å²) in [4.78, 5) is 13.6. The summed E-state index contributed by atoms with van der Waals surface area (Å²) in [5.41, 5.74) is 1.78. The summed E-state index contributed by atoms with van der Waals surface area (Å²) >= 11 is 0. The fraction of sp³-hybridized carbons (Fsp3) is 0.588. The maximum atomic E-state index is 12.7. The van der Waals surface area contributed by atoms with Crippen molar-refractivity contribution in [3.05, 3.63) is 23.8 Å². The molecule has 4 rings (SSSR count). The van der Waals surface area contributed by atoms with Crippen LogP contribution in [-0.2, 0) is 21.2 Å². The Balaban J connectivity index is 1.57. The number of rotatable bonds is 3. The lowest BCUT2D eigenvalue weighted by Gasteiger charge is -2.23. The Morgan fingerprint density at radius 1 is 1.26 bits per heavy atom. The van der Waals surface area contributed by atoms with Gasteiger partial charge in [0.05, 0.1) is 4.90 Å². The monoisotopic (exact) mass is 334 g/mol. The highest BCUT2D eigenvalue weighted by Crippen LogP contribution is 2.45. The fourth-order valence-corrected chi connectivity index (χ4v) is 5.90. The molecule has 1 aromatic carbocycles. The van der Waals surface area contributed by atoms with Crippen molar-refractivity contribution >= 4 is 21.6 Å². The first-order valence-electron chi connectivity index (χ1n) is 8.37. The fourth-order valence-electron chi connectivity index (χ4n) is 4.53. The van der Waals surface area contributed by atoms with E-state index in [0.717, 1.165) is 24.1 Å². The van der Waals surface area contributed by atoms with Gasteiger partial charge in [0, 0.05) is 25.2 Å². The minimum atomic E-state index is -3.48. The molecule has 3 atom stereocenters. The molecule has 1 amide bonds. The van der Waals surface area contributed by atoms with Crippen molar-refractivity contribution in [1.82, 2.24) is 4.72 Å². The van der Waals surface area contributed by atoms with Crippen LogP contribution in [0.1, 0.15) is 38.2 Å². The summed E-state index contributed by atoms with van der Waals surface area (Å²) < 4.78 is 28.3. The number of fused-ring (bicyclic) bond motifs is 3. The number of hydrogen-bond acceptors (Lipinski definition) is 3. The number of carbonyl (C=O) groups is 1. The Hall–Kier alpha value is -1.40. The lowest BCUT2D eigenvalue weighted by atomic mass is 9.96. The topological polar surface area (TPSA) is 66.5 Å². The van der Waals surface area contributed by atoms with Gasteiger partial charge in [-0.1, -0.05) is 6.42 Å². The van der Waals surface area contributed by atoms with Crippen LogP contribution in [0, 0.1) is 11.8 Å². The van der Waals surface area contributed by atoms with Crippen LogP contribution >= 0.6 is 0 Å². The zero-order valence-corrected chi connectivity index (χ0v) is 14.1. The minimum Gasteiger partial charge on any atom is -0.312 e. The Bertz CT molecular complexity index is 759. The average molecular weight is 334 g/mol. The van der Waals surface area contributed by atoms with Gasteiger partial charge < -0.3 is 4.90 Å². The molecule has 5 nitrogen and oxygen atoms in total. The molecule has 1 heterocycles. The molecule has 124 valence electrons. The molecule has 1 aliphatic heterocycles. The third-order valence-corrected chi connectivity index (χ3v) is 7.17. The van der Waals surface area contributed by atoms with E-state index in [1.807, 2.05) is 0 Å². The van der Waals surface area contributed by atoms with Crippen LogP contribution in [0.5, 0.6) is 0 Å². The number of nitrogens with zero attached hydrogens (tertiary/aromatic N) is 1. The molecule has 1 aromatic rings. The third kappa shape index (κ3) is 2.58. The van der Waals surface area contributed by atoms with Gasteiger partial charge in [-0.3, -0.25) is 4.79 Å². The standard InChI is InChI=1S/C17H22N2O3S/c1-11(20)19-7-6-14-10-15(4-5-17(14)19)23(21,22)18-16-9-12-2-3-13(16)8-12/h4-5,10,12-13,16,18H,2-3,6-9H2,1H3/t12-,13+,16-/m0/s1. The lowest BCUT2D eigenvalue weighted by Crippen LogP contribution is -2.38. The van der Waals surface area contributed by atoms with Crippen LogP contribution in [-0.4, -0.2) is 26.9 Å². The number of benzene rings is 1. The molecule has 1 N–H and O–H groups in total. The Labute approximate surface area is 137 Å². The van der Waals surface area contributed by atoms with E-state index in [1.165, 1.54) is 19.8 Å². The first-order chi connectivity index (χ1) is 10.9. The Morgan fingerprint density at radius 2 is 2.09 bits per heavy atom. The van der Waals surface area contributed by atoms with Gasteiger partial charge in [-0.2, -0.15) is 0 Å². The second-order valence-corrected chi connectivity index (χ2v) is 8.83. The molecule has 0 aromatic heterocycles.